The quantitative estimate of drug-likeness (QED) is 0.936. The molecule has 2 heterocycles. The Hall–Kier alpha value is -2.44. The summed E-state index contributed by atoms with van der Waals surface area (Å²) in [5.41, 5.74) is 0.453. The van der Waals surface area contributed by atoms with E-state index in [4.69, 9.17) is 4.52 Å². The molecule has 0 saturated carbocycles. The molecule has 1 N–H and O–H groups in total. The van der Waals surface area contributed by atoms with Crippen LogP contribution in [0.15, 0.2) is 22.7 Å². The van der Waals surface area contributed by atoms with Crippen LogP contribution < -0.4 is 0 Å². The number of nitrogens with zero attached hydrogens (tertiary/aromatic N) is 3. The number of hydrogen-bond donors (Lipinski definition) is 1. The van der Waals surface area contributed by atoms with Crippen LogP contribution in [0.1, 0.15) is 25.2 Å². The second-order valence-corrected chi connectivity index (χ2v) is 4.95. The molecule has 0 bridgehead atoms. The largest absolute Gasteiger partial charge is 0.505 e. The predicted octanol–water partition coefficient (Wildman–Crippen LogP) is 2.09. The van der Waals surface area contributed by atoms with E-state index >= 15 is 0 Å². The van der Waals surface area contributed by atoms with E-state index in [1.54, 1.807) is 4.90 Å². The maximum Gasteiger partial charge on any atom is 0.246 e. The first kappa shape index (κ1) is 13.5. The summed E-state index contributed by atoms with van der Waals surface area (Å²) >= 11 is 0. The number of aromatic nitrogens is 2. The number of likely N-dealkylation sites (tertiary alicyclic amines) is 1. The van der Waals surface area contributed by atoms with Crippen molar-refractivity contribution < 1.29 is 18.8 Å². The van der Waals surface area contributed by atoms with E-state index in [0.717, 1.165) is 18.9 Å². The summed E-state index contributed by atoms with van der Waals surface area (Å²) in [6.45, 7) is 0.965. The molecule has 3 rings (SSSR count). The predicted molar refractivity (Wildman–Crippen MR) is 70.6 cm³/mol. The Kier molecular flexibility index (Phi) is 3.55. The van der Waals surface area contributed by atoms with Crippen LogP contribution in [0.5, 0.6) is 5.75 Å². The summed E-state index contributed by atoms with van der Waals surface area (Å²) in [6.07, 6.45) is 2.44. The minimum Gasteiger partial charge on any atom is -0.505 e. The summed E-state index contributed by atoms with van der Waals surface area (Å²) in [6, 6.07) is 3.82. The molecule has 0 spiro atoms. The molecule has 1 aliphatic heterocycles. The van der Waals surface area contributed by atoms with Gasteiger partial charge in [0.2, 0.25) is 17.6 Å². The van der Waals surface area contributed by atoms with E-state index in [9.17, 15) is 14.3 Å². The van der Waals surface area contributed by atoms with Gasteiger partial charge >= 0.3 is 0 Å². The molecule has 0 aliphatic carbocycles. The van der Waals surface area contributed by atoms with Gasteiger partial charge in [0, 0.05) is 18.5 Å². The summed E-state index contributed by atoms with van der Waals surface area (Å²) in [7, 11) is 0. The van der Waals surface area contributed by atoms with E-state index < -0.39 is 11.6 Å². The van der Waals surface area contributed by atoms with Crippen molar-refractivity contribution in [3.63, 3.8) is 0 Å². The molecule has 0 radical (unpaired) electrons. The minimum atomic E-state index is -0.707. The van der Waals surface area contributed by atoms with Crippen LogP contribution in [0.2, 0.25) is 0 Å². The molecule has 1 saturated heterocycles. The van der Waals surface area contributed by atoms with Crippen molar-refractivity contribution in [2.75, 3.05) is 6.54 Å². The summed E-state index contributed by atoms with van der Waals surface area (Å²) in [5.74, 6) is -0.513. The summed E-state index contributed by atoms with van der Waals surface area (Å²) in [4.78, 5) is 17.6. The molecule has 2 aromatic rings. The van der Waals surface area contributed by atoms with E-state index in [1.807, 2.05) is 0 Å². The molecule has 6 nitrogen and oxygen atoms in total. The normalized spacial score (nSPS) is 15.5. The number of rotatable bonds is 3. The SMILES string of the molecule is O=C1CCCCN1Cc1nc(-c2ccc(F)c(O)c2)no1. The summed E-state index contributed by atoms with van der Waals surface area (Å²) < 4.78 is 18.1. The number of phenolic OH excluding ortho intramolecular Hbond substituents is 1. The Labute approximate surface area is 120 Å². The van der Waals surface area contributed by atoms with Gasteiger partial charge in [0.1, 0.15) is 0 Å². The Bertz CT molecular complexity index is 671. The molecule has 1 aliphatic rings. The van der Waals surface area contributed by atoms with Crippen molar-refractivity contribution >= 4 is 5.91 Å². The molecule has 1 amide bonds. The van der Waals surface area contributed by atoms with E-state index in [1.165, 1.54) is 12.1 Å². The number of amides is 1. The lowest BCUT2D eigenvalue weighted by molar-refractivity contribution is -0.134. The van der Waals surface area contributed by atoms with Gasteiger partial charge in [-0.05, 0) is 31.0 Å². The molecule has 1 aromatic carbocycles. The Morgan fingerprint density at radius 2 is 2.24 bits per heavy atom. The fourth-order valence-corrected chi connectivity index (χ4v) is 2.28. The number of benzene rings is 1. The van der Waals surface area contributed by atoms with E-state index in [2.05, 4.69) is 10.1 Å². The van der Waals surface area contributed by atoms with Crippen molar-refractivity contribution in [2.24, 2.45) is 0 Å². The van der Waals surface area contributed by atoms with Crippen molar-refractivity contribution in [3.05, 3.63) is 29.9 Å². The first-order chi connectivity index (χ1) is 10.1. The highest BCUT2D eigenvalue weighted by Crippen LogP contribution is 2.24. The lowest BCUT2D eigenvalue weighted by Gasteiger charge is -2.24. The van der Waals surface area contributed by atoms with Crippen molar-refractivity contribution in [2.45, 2.75) is 25.8 Å². The molecule has 1 fully saturated rings. The highest BCUT2D eigenvalue weighted by Gasteiger charge is 2.21. The van der Waals surface area contributed by atoms with Crippen LogP contribution in [0.25, 0.3) is 11.4 Å². The average Bonchev–Trinajstić information content (AvgIpc) is 2.93. The number of phenols is 1. The molecular formula is C14H14FN3O3. The van der Waals surface area contributed by atoms with Crippen molar-refractivity contribution in [1.82, 2.24) is 15.0 Å². The Morgan fingerprint density at radius 1 is 1.38 bits per heavy atom. The van der Waals surface area contributed by atoms with Crippen LogP contribution in [0.4, 0.5) is 4.39 Å². The maximum atomic E-state index is 13.0. The van der Waals surface area contributed by atoms with Gasteiger partial charge in [-0.2, -0.15) is 4.98 Å². The number of halogens is 1. The van der Waals surface area contributed by atoms with Crippen LogP contribution >= 0.6 is 0 Å². The average molecular weight is 291 g/mol. The fourth-order valence-electron chi connectivity index (χ4n) is 2.28. The lowest BCUT2D eigenvalue weighted by atomic mass is 10.1. The van der Waals surface area contributed by atoms with Gasteiger partial charge in [-0.25, -0.2) is 4.39 Å². The number of piperidine rings is 1. The van der Waals surface area contributed by atoms with Crippen LogP contribution in [-0.4, -0.2) is 32.6 Å². The number of carbonyl (C=O) groups is 1. The smallest absolute Gasteiger partial charge is 0.246 e. The Morgan fingerprint density at radius 3 is 3.00 bits per heavy atom. The zero-order valence-electron chi connectivity index (χ0n) is 11.3. The van der Waals surface area contributed by atoms with E-state index in [0.29, 0.717) is 24.4 Å². The second kappa shape index (κ2) is 5.51. The highest BCUT2D eigenvalue weighted by atomic mass is 19.1. The third kappa shape index (κ3) is 2.86. The third-order valence-corrected chi connectivity index (χ3v) is 3.42. The third-order valence-electron chi connectivity index (χ3n) is 3.42. The zero-order chi connectivity index (χ0) is 14.8. The monoisotopic (exact) mass is 291 g/mol. The van der Waals surface area contributed by atoms with Crippen LogP contribution in [-0.2, 0) is 11.3 Å². The van der Waals surface area contributed by atoms with Crippen molar-refractivity contribution in [3.8, 4) is 17.1 Å². The van der Waals surface area contributed by atoms with Gasteiger partial charge in [-0.3, -0.25) is 4.79 Å². The first-order valence-electron chi connectivity index (χ1n) is 6.73. The standard InChI is InChI=1S/C14H14FN3O3/c15-10-5-4-9(7-11(10)19)14-16-12(21-17-14)8-18-6-2-1-3-13(18)20/h4-5,7,19H,1-3,6,8H2. The minimum absolute atomic E-state index is 0.0837. The van der Waals surface area contributed by atoms with Gasteiger partial charge < -0.3 is 14.5 Å². The number of aromatic hydroxyl groups is 1. The molecule has 0 atom stereocenters. The molecule has 0 unspecified atom stereocenters. The second-order valence-electron chi connectivity index (χ2n) is 4.95. The molecular weight excluding hydrogens is 277 g/mol. The molecule has 7 heteroatoms. The lowest BCUT2D eigenvalue weighted by Crippen LogP contribution is -2.34. The molecule has 1 aromatic heterocycles. The topological polar surface area (TPSA) is 79.5 Å². The van der Waals surface area contributed by atoms with Gasteiger partial charge in [0.05, 0.1) is 6.54 Å². The van der Waals surface area contributed by atoms with Gasteiger partial charge in [0.15, 0.2) is 11.6 Å². The van der Waals surface area contributed by atoms with Gasteiger partial charge in [-0.15, -0.1) is 0 Å². The van der Waals surface area contributed by atoms with Crippen LogP contribution in [0, 0.1) is 5.82 Å². The molecule has 110 valence electrons. The summed E-state index contributed by atoms with van der Waals surface area (Å²) in [5, 5.41) is 13.1. The highest BCUT2D eigenvalue weighted by molar-refractivity contribution is 5.76. The number of hydrogen-bond acceptors (Lipinski definition) is 5. The zero-order valence-corrected chi connectivity index (χ0v) is 11.3. The van der Waals surface area contributed by atoms with Crippen LogP contribution in [0.3, 0.4) is 0 Å². The Balaban J connectivity index is 1.76. The maximum absolute atomic E-state index is 13.0. The molecule has 21 heavy (non-hydrogen) atoms. The number of carbonyl (C=O) groups excluding carboxylic acids is 1. The first-order valence-corrected chi connectivity index (χ1v) is 6.73. The van der Waals surface area contributed by atoms with Gasteiger partial charge in [0.25, 0.3) is 0 Å². The van der Waals surface area contributed by atoms with Crippen molar-refractivity contribution in [1.29, 1.82) is 0 Å². The van der Waals surface area contributed by atoms with Gasteiger partial charge in [-0.1, -0.05) is 5.16 Å². The fraction of sp³-hybridized carbons (Fsp3) is 0.357. The van der Waals surface area contributed by atoms with E-state index in [-0.39, 0.29) is 18.3 Å².